The molecule has 1 unspecified atom stereocenters. The molecule has 1 aliphatic rings. The normalized spacial score (nSPS) is 15.9. The highest BCUT2D eigenvalue weighted by atomic mass is 32.1. The molecular weight excluding hydrogens is 362 g/mol. The van der Waals surface area contributed by atoms with Crippen molar-refractivity contribution in [2.45, 2.75) is 26.4 Å². The first-order valence-electron chi connectivity index (χ1n) is 8.79. The summed E-state index contributed by atoms with van der Waals surface area (Å²) in [5, 5.41) is 3.36. The highest BCUT2D eigenvalue weighted by Crippen LogP contribution is 2.34. The minimum atomic E-state index is -0.790. The summed E-state index contributed by atoms with van der Waals surface area (Å²) in [4.78, 5) is 30.8. The summed E-state index contributed by atoms with van der Waals surface area (Å²) in [7, 11) is 0. The van der Waals surface area contributed by atoms with E-state index in [-0.39, 0.29) is 18.4 Å². The SMILES string of the molecule is CCc1ccc2nc(NC(=O)C3CN(C(C)=O)c4ccccc4O3)sc2c1. The maximum Gasteiger partial charge on any atom is 0.269 e. The number of anilines is 2. The van der Waals surface area contributed by atoms with Crippen molar-refractivity contribution >= 4 is 44.2 Å². The van der Waals surface area contributed by atoms with E-state index in [1.54, 1.807) is 11.0 Å². The van der Waals surface area contributed by atoms with Gasteiger partial charge in [0.05, 0.1) is 22.4 Å². The number of fused-ring (bicyclic) bond motifs is 2. The van der Waals surface area contributed by atoms with Crippen molar-refractivity contribution in [1.29, 1.82) is 0 Å². The Balaban J connectivity index is 1.55. The van der Waals surface area contributed by atoms with Gasteiger partial charge in [0.2, 0.25) is 5.91 Å². The van der Waals surface area contributed by atoms with Crippen LogP contribution in [0.15, 0.2) is 42.5 Å². The van der Waals surface area contributed by atoms with Gasteiger partial charge in [-0.1, -0.05) is 36.5 Å². The number of carbonyl (C=O) groups is 2. The van der Waals surface area contributed by atoms with Gasteiger partial charge in [-0.25, -0.2) is 4.98 Å². The third-order valence-corrected chi connectivity index (χ3v) is 5.47. The van der Waals surface area contributed by atoms with Crippen LogP contribution in [0, 0.1) is 0 Å². The molecule has 1 atom stereocenters. The molecule has 2 heterocycles. The lowest BCUT2D eigenvalue weighted by Crippen LogP contribution is -2.48. The van der Waals surface area contributed by atoms with Crippen molar-refractivity contribution < 1.29 is 14.3 Å². The van der Waals surface area contributed by atoms with Crippen molar-refractivity contribution in [3.05, 3.63) is 48.0 Å². The van der Waals surface area contributed by atoms with E-state index in [2.05, 4.69) is 23.3 Å². The fraction of sp³-hybridized carbons (Fsp3) is 0.250. The second-order valence-electron chi connectivity index (χ2n) is 6.37. The van der Waals surface area contributed by atoms with Crippen molar-refractivity contribution in [3.63, 3.8) is 0 Å². The third kappa shape index (κ3) is 3.38. The molecule has 3 aromatic rings. The molecule has 1 aromatic heterocycles. The van der Waals surface area contributed by atoms with Gasteiger partial charge in [-0.3, -0.25) is 14.9 Å². The van der Waals surface area contributed by atoms with Crippen molar-refractivity contribution in [2.75, 3.05) is 16.8 Å². The van der Waals surface area contributed by atoms with Gasteiger partial charge in [-0.05, 0) is 36.2 Å². The van der Waals surface area contributed by atoms with Gasteiger partial charge in [-0.15, -0.1) is 0 Å². The summed E-state index contributed by atoms with van der Waals surface area (Å²) in [6.45, 7) is 3.75. The zero-order chi connectivity index (χ0) is 19.0. The van der Waals surface area contributed by atoms with E-state index in [0.29, 0.717) is 16.6 Å². The van der Waals surface area contributed by atoms with Crippen LogP contribution in [-0.2, 0) is 16.0 Å². The van der Waals surface area contributed by atoms with E-state index in [4.69, 9.17) is 4.74 Å². The molecule has 27 heavy (non-hydrogen) atoms. The number of hydrogen-bond acceptors (Lipinski definition) is 5. The number of nitrogens with one attached hydrogen (secondary N) is 1. The zero-order valence-corrected chi connectivity index (χ0v) is 15.9. The molecule has 0 saturated carbocycles. The van der Waals surface area contributed by atoms with Gasteiger partial charge in [0.1, 0.15) is 5.75 Å². The number of ether oxygens (including phenoxy) is 1. The molecule has 0 spiro atoms. The number of aromatic nitrogens is 1. The Bertz CT molecular complexity index is 1030. The summed E-state index contributed by atoms with van der Waals surface area (Å²) in [6, 6.07) is 13.3. The average molecular weight is 381 g/mol. The molecule has 6 nitrogen and oxygen atoms in total. The van der Waals surface area contributed by atoms with Crippen LogP contribution in [0.4, 0.5) is 10.8 Å². The van der Waals surface area contributed by atoms with Crippen molar-refractivity contribution in [2.24, 2.45) is 0 Å². The molecule has 7 heteroatoms. The van der Waals surface area contributed by atoms with Crippen LogP contribution in [-0.4, -0.2) is 29.4 Å². The van der Waals surface area contributed by atoms with Gasteiger partial charge < -0.3 is 9.64 Å². The molecule has 1 aliphatic heterocycles. The molecule has 2 amide bonds. The van der Waals surface area contributed by atoms with Crippen LogP contribution in [0.1, 0.15) is 19.4 Å². The first-order chi connectivity index (χ1) is 13.0. The number of para-hydroxylation sites is 2. The second-order valence-corrected chi connectivity index (χ2v) is 7.40. The molecule has 0 aliphatic carbocycles. The quantitative estimate of drug-likeness (QED) is 0.752. The number of benzene rings is 2. The lowest BCUT2D eigenvalue weighted by atomic mass is 10.1. The van der Waals surface area contributed by atoms with Crippen LogP contribution < -0.4 is 15.0 Å². The van der Waals surface area contributed by atoms with Crippen molar-refractivity contribution in [3.8, 4) is 5.75 Å². The Hall–Kier alpha value is -2.93. The topological polar surface area (TPSA) is 71.5 Å². The molecule has 4 rings (SSSR count). The van der Waals surface area contributed by atoms with Crippen LogP contribution in [0.5, 0.6) is 5.75 Å². The van der Waals surface area contributed by atoms with Gasteiger partial charge in [0, 0.05) is 6.92 Å². The minimum absolute atomic E-state index is 0.129. The monoisotopic (exact) mass is 381 g/mol. The maximum atomic E-state index is 12.7. The molecule has 0 radical (unpaired) electrons. The lowest BCUT2D eigenvalue weighted by molar-refractivity contribution is -0.123. The van der Waals surface area contributed by atoms with E-state index in [1.165, 1.54) is 23.8 Å². The first kappa shape index (κ1) is 17.5. The average Bonchev–Trinajstić information content (AvgIpc) is 3.08. The highest BCUT2D eigenvalue weighted by Gasteiger charge is 2.32. The Morgan fingerprint density at radius 2 is 2.11 bits per heavy atom. The number of nitrogens with zero attached hydrogens (tertiary/aromatic N) is 2. The number of aryl methyl sites for hydroxylation is 1. The van der Waals surface area contributed by atoms with E-state index < -0.39 is 6.10 Å². The predicted molar refractivity (Wildman–Crippen MR) is 107 cm³/mol. The van der Waals surface area contributed by atoms with Crippen LogP contribution >= 0.6 is 11.3 Å². The molecule has 0 saturated heterocycles. The molecular formula is C20H19N3O3S. The fourth-order valence-electron chi connectivity index (χ4n) is 3.10. The molecule has 138 valence electrons. The molecule has 2 aromatic carbocycles. The van der Waals surface area contributed by atoms with Crippen molar-refractivity contribution in [1.82, 2.24) is 4.98 Å². The minimum Gasteiger partial charge on any atom is -0.476 e. The number of thiazole rings is 1. The fourth-order valence-corrected chi connectivity index (χ4v) is 4.03. The Kier molecular flexibility index (Phi) is 4.53. The summed E-state index contributed by atoms with van der Waals surface area (Å²) >= 11 is 1.43. The van der Waals surface area contributed by atoms with Gasteiger partial charge in [-0.2, -0.15) is 0 Å². The summed E-state index contributed by atoms with van der Waals surface area (Å²) in [6.07, 6.45) is 0.160. The largest absolute Gasteiger partial charge is 0.476 e. The molecule has 1 N–H and O–H groups in total. The molecule has 0 fully saturated rings. The lowest BCUT2D eigenvalue weighted by Gasteiger charge is -2.33. The van der Waals surface area contributed by atoms with E-state index in [1.807, 2.05) is 30.3 Å². The maximum absolute atomic E-state index is 12.7. The summed E-state index contributed by atoms with van der Waals surface area (Å²) < 4.78 is 6.86. The number of rotatable bonds is 3. The Morgan fingerprint density at radius 3 is 2.89 bits per heavy atom. The van der Waals surface area contributed by atoms with E-state index >= 15 is 0 Å². The first-order valence-corrected chi connectivity index (χ1v) is 9.61. The standard InChI is InChI=1S/C20H19N3O3S/c1-3-13-8-9-14-18(10-13)27-20(21-14)22-19(25)17-11-23(12(2)24)15-6-4-5-7-16(15)26-17/h4-10,17H,3,11H2,1-2H3,(H,21,22,25). The number of carbonyl (C=O) groups excluding carboxylic acids is 2. The number of amides is 2. The number of hydrogen-bond donors (Lipinski definition) is 1. The summed E-state index contributed by atoms with van der Waals surface area (Å²) in [5.41, 5.74) is 2.77. The predicted octanol–water partition coefficient (Wildman–Crippen LogP) is 3.61. The summed E-state index contributed by atoms with van der Waals surface area (Å²) in [5.74, 6) is 0.0807. The van der Waals surface area contributed by atoms with Gasteiger partial charge >= 0.3 is 0 Å². The zero-order valence-electron chi connectivity index (χ0n) is 15.1. The van der Waals surface area contributed by atoms with Gasteiger partial charge in [0.25, 0.3) is 5.91 Å². The Morgan fingerprint density at radius 1 is 1.30 bits per heavy atom. The van der Waals surface area contributed by atoms with E-state index in [0.717, 1.165) is 16.6 Å². The van der Waals surface area contributed by atoms with Crippen LogP contribution in [0.3, 0.4) is 0 Å². The second kappa shape index (κ2) is 7.00. The highest BCUT2D eigenvalue weighted by molar-refractivity contribution is 7.22. The van der Waals surface area contributed by atoms with E-state index in [9.17, 15) is 9.59 Å². The third-order valence-electron chi connectivity index (χ3n) is 4.54. The van der Waals surface area contributed by atoms with Crippen LogP contribution in [0.25, 0.3) is 10.2 Å². The molecule has 0 bridgehead atoms. The Labute approximate surface area is 160 Å². The van der Waals surface area contributed by atoms with Crippen LogP contribution in [0.2, 0.25) is 0 Å². The van der Waals surface area contributed by atoms with Gasteiger partial charge in [0.15, 0.2) is 11.2 Å². The smallest absolute Gasteiger partial charge is 0.269 e.